The number of imide groups is 1. The number of carbonyl (C=O) groups excluding carboxylic acids is 6. The summed E-state index contributed by atoms with van der Waals surface area (Å²) in [7, 11) is 3.31. The van der Waals surface area contributed by atoms with Crippen LogP contribution >= 0.6 is 11.3 Å². The predicted octanol–water partition coefficient (Wildman–Crippen LogP) is 2.73. The summed E-state index contributed by atoms with van der Waals surface area (Å²) in [6.07, 6.45) is 4.83. The molecule has 6 heterocycles. The van der Waals surface area contributed by atoms with Crippen molar-refractivity contribution in [2.24, 2.45) is 0 Å². The van der Waals surface area contributed by atoms with Crippen LogP contribution in [-0.4, -0.2) is 118 Å². The van der Waals surface area contributed by atoms with Gasteiger partial charge in [0.1, 0.15) is 41.6 Å². The number of amides is 6. The van der Waals surface area contributed by atoms with Crippen LogP contribution in [0.1, 0.15) is 79.3 Å². The van der Waals surface area contributed by atoms with Crippen LogP contribution in [0.15, 0.2) is 60.9 Å². The van der Waals surface area contributed by atoms with Crippen LogP contribution in [0.5, 0.6) is 5.75 Å². The number of nitrogens with one attached hydrogen (secondary N) is 4. The largest absolute Gasteiger partial charge is 0.496 e. The van der Waals surface area contributed by atoms with Gasteiger partial charge in [-0.3, -0.25) is 38.8 Å². The van der Waals surface area contributed by atoms with Crippen LogP contribution < -0.4 is 35.8 Å². The lowest BCUT2D eigenvalue weighted by molar-refractivity contribution is -0.137. The van der Waals surface area contributed by atoms with Gasteiger partial charge >= 0.3 is 0 Å². The SMILES string of the molecule is CC[C@@H]1C(=O)N(C)c2cnc(Cc3ccc(C(=O)NCc4cn(CCNCCOCC(=O)Nc5cccc6c5CN(C5CCC(=O)NC5=O)C6=O)nn4)cc3OC)nc2N1Cc1ccc(C)s1. The molecule has 1 unspecified atom stereocenters. The van der Waals surface area contributed by atoms with E-state index in [1.54, 1.807) is 77.8 Å². The van der Waals surface area contributed by atoms with Gasteiger partial charge in [0.2, 0.25) is 23.6 Å². The Kier molecular flexibility index (Phi) is 14.3. The number of aromatic nitrogens is 5. The van der Waals surface area contributed by atoms with Gasteiger partial charge in [0, 0.05) is 77.2 Å². The molecule has 3 aliphatic rings. The van der Waals surface area contributed by atoms with E-state index in [0.29, 0.717) is 90.2 Å². The number of thiophene rings is 1. The van der Waals surface area contributed by atoms with Gasteiger partial charge in [-0.25, -0.2) is 9.97 Å². The number of piperidine rings is 1. The van der Waals surface area contributed by atoms with Crippen LogP contribution in [0, 0.1) is 6.92 Å². The Labute approximate surface area is 390 Å². The number of hydrogen-bond donors (Lipinski definition) is 4. The van der Waals surface area contributed by atoms with E-state index in [2.05, 4.69) is 60.5 Å². The maximum absolute atomic E-state index is 13.3. The van der Waals surface area contributed by atoms with Crippen molar-refractivity contribution in [2.45, 2.75) is 77.8 Å². The van der Waals surface area contributed by atoms with Crippen molar-refractivity contribution < 1.29 is 38.2 Å². The van der Waals surface area contributed by atoms with Crippen molar-refractivity contribution in [2.75, 3.05) is 55.6 Å². The van der Waals surface area contributed by atoms with Gasteiger partial charge in [-0.15, -0.1) is 16.4 Å². The van der Waals surface area contributed by atoms with E-state index < -0.39 is 11.9 Å². The van der Waals surface area contributed by atoms with Gasteiger partial charge in [-0.05, 0) is 56.2 Å². The van der Waals surface area contributed by atoms with Crippen LogP contribution in [-0.2, 0) is 56.5 Å². The van der Waals surface area contributed by atoms with Crippen molar-refractivity contribution in [1.29, 1.82) is 0 Å². The molecule has 21 heteroatoms. The topological polar surface area (TPSA) is 235 Å². The van der Waals surface area contributed by atoms with E-state index in [1.165, 1.54) is 9.78 Å². The molecular formula is C46H52N12O8S. The molecule has 1 saturated heterocycles. The monoisotopic (exact) mass is 932 g/mol. The molecule has 3 aromatic heterocycles. The van der Waals surface area contributed by atoms with Crippen molar-refractivity contribution in [3.8, 4) is 5.75 Å². The minimum absolute atomic E-state index is 0.00863. The molecule has 2 aromatic carbocycles. The smallest absolute Gasteiger partial charge is 0.255 e. The van der Waals surface area contributed by atoms with Gasteiger partial charge in [0.25, 0.3) is 11.8 Å². The second-order valence-electron chi connectivity index (χ2n) is 16.4. The summed E-state index contributed by atoms with van der Waals surface area (Å²) < 4.78 is 12.9. The third-order valence-electron chi connectivity index (χ3n) is 11.9. The van der Waals surface area contributed by atoms with E-state index >= 15 is 0 Å². The summed E-state index contributed by atoms with van der Waals surface area (Å²) in [4.78, 5) is 93.5. The highest BCUT2D eigenvalue weighted by molar-refractivity contribution is 7.11. The Hall–Kier alpha value is -7.10. The number of carbonyl (C=O) groups is 6. The predicted molar refractivity (Wildman–Crippen MR) is 247 cm³/mol. The molecule has 67 heavy (non-hydrogen) atoms. The molecule has 0 saturated carbocycles. The third-order valence-corrected chi connectivity index (χ3v) is 12.9. The number of benzene rings is 2. The molecule has 0 radical (unpaired) electrons. The normalized spacial score (nSPS) is 16.8. The minimum Gasteiger partial charge on any atom is -0.496 e. The number of anilines is 3. The number of ether oxygens (including phenoxy) is 2. The van der Waals surface area contributed by atoms with E-state index in [0.717, 1.165) is 10.4 Å². The van der Waals surface area contributed by atoms with Gasteiger partial charge in [0.15, 0.2) is 5.82 Å². The Bertz CT molecular complexity index is 2700. The summed E-state index contributed by atoms with van der Waals surface area (Å²) in [6, 6.07) is 13.3. The van der Waals surface area contributed by atoms with Crippen molar-refractivity contribution in [3.05, 3.63) is 104 Å². The second-order valence-corrected chi connectivity index (χ2v) is 17.8. The summed E-state index contributed by atoms with van der Waals surface area (Å²) in [5.41, 5.74) is 3.92. The summed E-state index contributed by atoms with van der Waals surface area (Å²) in [6.45, 7) is 6.52. The molecule has 20 nitrogen and oxygen atoms in total. The zero-order valence-electron chi connectivity index (χ0n) is 37.7. The van der Waals surface area contributed by atoms with Crippen LogP contribution in [0.4, 0.5) is 17.2 Å². The van der Waals surface area contributed by atoms with Crippen LogP contribution in [0.25, 0.3) is 0 Å². The highest BCUT2D eigenvalue weighted by Gasteiger charge is 2.40. The first kappa shape index (κ1) is 46.4. The molecular weight excluding hydrogens is 881 g/mol. The Balaban J connectivity index is 0.761. The summed E-state index contributed by atoms with van der Waals surface area (Å²) in [5, 5.41) is 19.6. The fourth-order valence-corrected chi connectivity index (χ4v) is 9.29. The Morgan fingerprint density at radius 2 is 1.91 bits per heavy atom. The number of rotatable bonds is 19. The molecule has 0 spiro atoms. The molecule has 0 bridgehead atoms. The number of fused-ring (bicyclic) bond motifs is 2. The molecule has 0 aliphatic carbocycles. The molecule has 2 atom stereocenters. The molecule has 1 fully saturated rings. The standard InChI is InChI=1S/C46H52N12O8S/c1-5-35-46(64)55(3)37-22-48-39(51-42(37)57(35)24-31-12-9-27(2)67-31)20-28-10-11-29(19-38(28)65-4)43(61)49-21-30-23-56(54-53-30)17-15-47-16-18-66-26-41(60)50-34-8-6-7-32-33(34)25-58(45(32)63)36-13-14-40(59)52-44(36)62/h6-12,19,22-23,35-36,47H,5,13-18,20-21,24-26H2,1-4H3,(H,49,61)(H,50,60)(H,52,59,62)/t35-,36?/m1/s1. The zero-order valence-corrected chi connectivity index (χ0v) is 38.5. The highest BCUT2D eigenvalue weighted by atomic mass is 32.1. The first-order chi connectivity index (χ1) is 32.4. The number of hydrogen-bond acceptors (Lipinski definition) is 15. The van der Waals surface area contributed by atoms with E-state index in [9.17, 15) is 28.8 Å². The van der Waals surface area contributed by atoms with Gasteiger partial charge < -0.3 is 40.1 Å². The third kappa shape index (κ3) is 10.5. The quantitative estimate of drug-likeness (QED) is 0.0689. The van der Waals surface area contributed by atoms with Crippen LogP contribution in [0.2, 0.25) is 0 Å². The second kappa shape index (κ2) is 20.6. The molecule has 8 rings (SSSR count). The Morgan fingerprint density at radius 1 is 1.06 bits per heavy atom. The first-order valence-electron chi connectivity index (χ1n) is 22.0. The highest BCUT2D eigenvalue weighted by Crippen LogP contribution is 2.37. The maximum Gasteiger partial charge on any atom is 0.255 e. The lowest BCUT2D eigenvalue weighted by Gasteiger charge is -2.40. The van der Waals surface area contributed by atoms with E-state index in [-0.39, 0.29) is 74.7 Å². The number of likely N-dealkylation sites (N-methyl/N-ethyl adjacent to an activating group) is 1. The minimum atomic E-state index is -0.748. The summed E-state index contributed by atoms with van der Waals surface area (Å²) in [5.74, 6) is -0.0844. The zero-order chi connectivity index (χ0) is 47.2. The fraction of sp³-hybridized carbons (Fsp3) is 0.391. The molecule has 6 amide bonds. The first-order valence-corrected chi connectivity index (χ1v) is 22.9. The average Bonchev–Trinajstić information content (AvgIpc) is 4.05. The number of aryl methyl sites for hydroxylation is 1. The Morgan fingerprint density at radius 3 is 2.69 bits per heavy atom. The molecule has 350 valence electrons. The lowest BCUT2D eigenvalue weighted by Crippen LogP contribution is -2.52. The molecule has 3 aliphatic heterocycles. The summed E-state index contributed by atoms with van der Waals surface area (Å²) >= 11 is 1.70. The van der Waals surface area contributed by atoms with E-state index in [4.69, 9.17) is 14.5 Å². The maximum atomic E-state index is 13.3. The molecule has 5 aromatic rings. The van der Waals surface area contributed by atoms with E-state index in [1.807, 2.05) is 13.0 Å². The van der Waals surface area contributed by atoms with Gasteiger partial charge in [-0.2, -0.15) is 0 Å². The van der Waals surface area contributed by atoms with Crippen molar-refractivity contribution in [3.63, 3.8) is 0 Å². The van der Waals surface area contributed by atoms with Crippen molar-refractivity contribution >= 4 is 64.0 Å². The lowest BCUT2D eigenvalue weighted by atomic mass is 10.0. The van der Waals surface area contributed by atoms with Crippen LogP contribution in [0.3, 0.4) is 0 Å². The van der Waals surface area contributed by atoms with Gasteiger partial charge in [-0.1, -0.05) is 24.3 Å². The number of methoxy groups -OCH3 is 1. The van der Waals surface area contributed by atoms with Gasteiger partial charge in [0.05, 0.1) is 45.7 Å². The average molecular weight is 933 g/mol. The number of nitrogens with zero attached hydrogens (tertiary/aromatic N) is 8. The fourth-order valence-electron chi connectivity index (χ4n) is 8.40. The van der Waals surface area contributed by atoms with Crippen molar-refractivity contribution in [1.82, 2.24) is 45.8 Å². The molecule has 4 N–H and O–H groups in total.